The van der Waals surface area contributed by atoms with Crippen LogP contribution in [0.2, 0.25) is 0 Å². The van der Waals surface area contributed by atoms with Gasteiger partial charge in [-0.15, -0.1) is 0 Å². The number of rotatable bonds is 4. The van der Waals surface area contributed by atoms with E-state index in [1.807, 2.05) is 6.07 Å². The second-order valence-electron chi connectivity index (χ2n) is 7.52. The van der Waals surface area contributed by atoms with E-state index in [1.54, 1.807) is 28.8 Å². The van der Waals surface area contributed by atoms with Gasteiger partial charge < -0.3 is 5.32 Å². The van der Waals surface area contributed by atoms with E-state index in [9.17, 15) is 14.0 Å². The molecule has 6 heteroatoms. The summed E-state index contributed by atoms with van der Waals surface area (Å²) in [6, 6.07) is 11.4. The van der Waals surface area contributed by atoms with Gasteiger partial charge in [-0.2, -0.15) is 0 Å². The topological polar surface area (TPSA) is 64.0 Å². The van der Waals surface area contributed by atoms with Crippen molar-refractivity contribution in [3.05, 3.63) is 75.6 Å². The molecular formula is C23H24FN3O2. The lowest BCUT2D eigenvalue weighted by Crippen LogP contribution is -2.28. The molecule has 1 aliphatic rings. The van der Waals surface area contributed by atoms with Crippen molar-refractivity contribution in [1.29, 1.82) is 0 Å². The summed E-state index contributed by atoms with van der Waals surface area (Å²) in [4.78, 5) is 30.1. The molecule has 4 rings (SSSR count). The quantitative estimate of drug-likeness (QED) is 0.736. The average Bonchev–Trinajstić information content (AvgIpc) is 2.69. The smallest absolute Gasteiger partial charge is 0.261 e. The number of fused-ring (bicyclic) bond motifs is 2. The first-order valence-electron chi connectivity index (χ1n) is 10.2. The standard InChI is InChI=1S/C23H24FN3O2/c24-18-7-5-6-16(14-18)11-12-25-22(28)17-9-10-19-20(15-17)26-21-8-3-1-2-4-13-27(21)23(19)29/h5-7,9-10,14-15H,1-4,8,11-13H2,(H,25,28). The molecule has 5 nitrogen and oxygen atoms in total. The Morgan fingerprint density at radius 1 is 1.10 bits per heavy atom. The number of aryl methyl sites for hydroxylation is 1. The van der Waals surface area contributed by atoms with Crippen molar-refractivity contribution < 1.29 is 9.18 Å². The summed E-state index contributed by atoms with van der Waals surface area (Å²) in [5, 5.41) is 3.40. The lowest BCUT2D eigenvalue weighted by atomic mass is 10.1. The highest BCUT2D eigenvalue weighted by Crippen LogP contribution is 2.16. The van der Waals surface area contributed by atoms with Gasteiger partial charge in [-0.05, 0) is 55.2 Å². The Labute approximate surface area is 168 Å². The highest BCUT2D eigenvalue weighted by atomic mass is 19.1. The van der Waals surface area contributed by atoms with Gasteiger partial charge >= 0.3 is 0 Å². The molecule has 1 aromatic heterocycles. The molecule has 0 radical (unpaired) electrons. The van der Waals surface area contributed by atoms with Crippen LogP contribution in [-0.2, 0) is 19.4 Å². The van der Waals surface area contributed by atoms with Crippen LogP contribution < -0.4 is 10.9 Å². The second-order valence-corrected chi connectivity index (χ2v) is 7.52. The molecule has 29 heavy (non-hydrogen) atoms. The summed E-state index contributed by atoms with van der Waals surface area (Å²) in [5.41, 5.74) is 1.85. The fourth-order valence-electron chi connectivity index (χ4n) is 3.85. The van der Waals surface area contributed by atoms with Crippen LogP contribution in [0.25, 0.3) is 10.9 Å². The number of aromatic nitrogens is 2. The largest absolute Gasteiger partial charge is 0.352 e. The van der Waals surface area contributed by atoms with Crippen LogP contribution in [0.1, 0.15) is 47.4 Å². The monoisotopic (exact) mass is 393 g/mol. The predicted octanol–water partition coefficient (Wildman–Crippen LogP) is 3.62. The first-order valence-corrected chi connectivity index (χ1v) is 10.2. The zero-order valence-corrected chi connectivity index (χ0v) is 16.3. The molecule has 150 valence electrons. The molecule has 0 unspecified atom stereocenters. The Bertz CT molecular complexity index is 1110. The molecule has 0 fully saturated rings. The number of amides is 1. The van der Waals surface area contributed by atoms with Crippen molar-refractivity contribution in [2.45, 2.75) is 45.1 Å². The third-order valence-electron chi connectivity index (χ3n) is 5.42. The van der Waals surface area contributed by atoms with Gasteiger partial charge in [-0.3, -0.25) is 14.2 Å². The Kier molecular flexibility index (Phi) is 5.69. The number of hydrogen-bond donors (Lipinski definition) is 1. The second kappa shape index (κ2) is 8.55. The molecule has 2 aromatic carbocycles. The zero-order chi connectivity index (χ0) is 20.2. The molecule has 1 aliphatic heterocycles. The van der Waals surface area contributed by atoms with Crippen LogP contribution >= 0.6 is 0 Å². The molecule has 1 amide bonds. The van der Waals surface area contributed by atoms with Gasteiger partial charge in [0.25, 0.3) is 11.5 Å². The number of nitrogens with zero attached hydrogens (tertiary/aromatic N) is 2. The van der Waals surface area contributed by atoms with Gasteiger partial charge in [0.15, 0.2) is 0 Å². The van der Waals surface area contributed by atoms with Crippen LogP contribution in [0.5, 0.6) is 0 Å². The summed E-state index contributed by atoms with van der Waals surface area (Å²) < 4.78 is 15.0. The van der Waals surface area contributed by atoms with Crippen LogP contribution in [0.4, 0.5) is 4.39 Å². The van der Waals surface area contributed by atoms with E-state index in [0.717, 1.165) is 43.5 Å². The minimum atomic E-state index is -0.282. The van der Waals surface area contributed by atoms with Crippen LogP contribution in [0, 0.1) is 5.82 Å². The summed E-state index contributed by atoms with van der Waals surface area (Å²) in [6.07, 6.45) is 5.64. The van der Waals surface area contributed by atoms with E-state index in [0.29, 0.717) is 36.0 Å². The molecule has 1 N–H and O–H groups in total. The summed E-state index contributed by atoms with van der Waals surface area (Å²) in [7, 11) is 0. The van der Waals surface area contributed by atoms with Crippen LogP contribution in [0.15, 0.2) is 47.3 Å². The van der Waals surface area contributed by atoms with Gasteiger partial charge in [0.2, 0.25) is 0 Å². The number of carbonyl (C=O) groups excluding carboxylic acids is 1. The van der Waals surface area contributed by atoms with Gasteiger partial charge in [-0.25, -0.2) is 9.37 Å². The molecule has 2 heterocycles. The fraction of sp³-hybridized carbons (Fsp3) is 0.348. The van der Waals surface area contributed by atoms with Crippen LogP contribution in [-0.4, -0.2) is 22.0 Å². The van der Waals surface area contributed by atoms with Crippen molar-refractivity contribution in [1.82, 2.24) is 14.9 Å². The third-order valence-corrected chi connectivity index (χ3v) is 5.42. The van der Waals surface area contributed by atoms with Crippen molar-refractivity contribution in [3.8, 4) is 0 Å². The number of hydrogen-bond acceptors (Lipinski definition) is 3. The van der Waals surface area contributed by atoms with E-state index in [-0.39, 0.29) is 17.3 Å². The van der Waals surface area contributed by atoms with Gasteiger partial charge in [0, 0.05) is 25.1 Å². The first kappa shape index (κ1) is 19.3. The predicted molar refractivity (Wildman–Crippen MR) is 111 cm³/mol. The number of carbonyl (C=O) groups is 1. The fourth-order valence-corrected chi connectivity index (χ4v) is 3.85. The van der Waals surface area contributed by atoms with E-state index in [4.69, 9.17) is 4.98 Å². The first-order chi connectivity index (χ1) is 14.1. The van der Waals surface area contributed by atoms with E-state index >= 15 is 0 Å². The molecular weight excluding hydrogens is 369 g/mol. The Balaban J connectivity index is 1.52. The van der Waals surface area contributed by atoms with Gasteiger partial charge in [0.05, 0.1) is 10.9 Å². The van der Waals surface area contributed by atoms with Gasteiger partial charge in [-0.1, -0.05) is 25.0 Å². The van der Waals surface area contributed by atoms with Crippen molar-refractivity contribution in [2.75, 3.05) is 6.54 Å². The number of nitrogens with one attached hydrogen (secondary N) is 1. The van der Waals surface area contributed by atoms with Crippen molar-refractivity contribution >= 4 is 16.8 Å². The van der Waals surface area contributed by atoms with Crippen LogP contribution in [0.3, 0.4) is 0 Å². The highest BCUT2D eigenvalue weighted by molar-refractivity contribution is 5.97. The van der Waals surface area contributed by atoms with Crippen molar-refractivity contribution in [3.63, 3.8) is 0 Å². The lowest BCUT2D eigenvalue weighted by Gasteiger charge is -2.16. The summed E-state index contributed by atoms with van der Waals surface area (Å²) >= 11 is 0. The normalized spacial score (nSPS) is 14.1. The Morgan fingerprint density at radius 2 is 1.97 bits per heavy atom. The molecule has 0 saturated carbocycles. The number of benzene rings is 2. The van der Waals surface area contributed by atoms with Crippen molar-refractivity contribution in [2.24, 2.45) is 0 Å². The van der Waals surface area contributed by atoms with E-state index in [2.05, 4.69) is 5.32 Å². The Hall–Kier alpha value is -3.02. The van der Waals surface area contributed by atoms with E-state index < -0.39 is 0 Å². The molecule has 3 aromatic rings. The highest BCUT2D eigenvalue weighted by Gasteiger charge is 2.14. The molecule has 0 saturated heterocycles. The SMILES string of the molecule is O=C(NCCc1cccc(F)c1)c1ccc2c(=O)n3c(nc2c1)CCCCCC3. The lowest BCUT2D eigenvalue weighted by molar-refractivity contribution is 0.0954. The average molecular weight is 393 g/mol. The maximum atomic E-state index is 13.2. The minimum absolute atomic E-state index is 0.0232. The van der Waals surface area contributed by atoms with E-state index in [1.165, 1.54) is 12.1 Å². The summed E-state index contributed by atoms with van der Waals surface area (Å²) in [5.74, 6) is 0.304. The maximum Gasteiger partial charge on any atom is 0.261 e. The van der Waals surface area contributed by atoms with Gasteiger partial charge in [0.1, 0.15) is 11.6 Å². The molecule has 0 bridgehead atoms. The molecule has 0 atom stereocenters. The minimum Gasteiger partial charge on any atom is -0.352 e. The zero-order valence-electron chi connectivity index (χ0n) is 16.3. The molecule has 0 spiro atoms. The number of halogens is 1. The summed E-state index contributed by atoms with van der Waals surface area (Å²) in [6.45, 7) is 1.11. The third kappa shape index (κ3) is 4.36. The maximum absolute atomic E-state index is 13.2. The Morgan fingerprint density at radius 3 is 2.83 bits per heavy atom. The molecule has 0 aliphatic carbocycles.